The Morgan fingerprint density at radius 2 is 1.76 bits per heavy atom. The monoisotopic (exact) mass is 526 g/mol. The first-order valence-electron chi connectivity index (χ1n) is 10.8. The minimum Gasteiger partial charge on any atom is -0.387 e. The van der Waals surface area contributed by atoms with Crippen molar-refractivity contribution >= 4 is 29.9 Å². The van der Waals surface area contributed by atoms with Gasteiger partial charge in [-0.3, -0.25) is 9.89 Å². The van der Waals surface area contributed by atoms with E-state index in [9.17, 15) is 5.11 Å². The van der Waals surface area contributed by atoms with E-state index in [-0.39, 0.29) is 24.0 Å². The van der Waals surface area contributed by atoms with E-state index in [1.54, 1.807) is 0 Å². The smallest absolute Gasteiger partial charge is 0.191 e. The van der Waals surface area contributed by atoms with E-state index in [0.717, 1.165) is 78.1 Å². The quantitative estimate of drug-likeness (QED) is 0.224. The van der Waals surface area contributed by atoms with Gasteiger partial charge in [0.25, 0.3) is 0 Å². The number of ether oxygens (including phenoxy) is 1. The molecule has 0 saturated carbocycles. The molecule has 29 heavy (non-hydrogen) atoms. The van der Waals surface area contributed by atoms with E-state index < -0.39 is 5.60 Å². The molecule has 8 nitrogen and oxygen atoms in total. The number of morpholine rings is 1. The largest absolute Gasteiger partial charge is 0.387 e. The average Bonchev–Trinajstić information content (AvgIpc) is 2.66. The first-order valence-corrected chi connectivity index (χ1v) is 10.8. The third-order valence-corrected chi connectivity index (χ3v) is 5.37. The Balaban J connectivity index is 0.00000420. The fourth-order valence-corrected chi connectivity index (χ4v) is 3.69. The van der Waals surface area contributed by atoms with E-state index in [2.05, 4.69) is 51.2 Å². The van der Waals surface area contributed by atoms with Crippen LogP contribution in [0.25, 0.3) is 0 Å². The number of β-amino-alcohol motifs (C(OH)–C–C–N with tert-alkyl or cyclic N) is 1. The lowest BCUT2D eigenvalue weighted by atomic mass is 10.1. The Morgan fingerprint density at radius 1 is 1.10 bits per heavy atom. The Bertz CT molecular complexity index is 466. The molecule has 2 aliphatic heterocycles. The minimum atomic E-state index is -0.842. The summed E-state index contributed by atoms with van der Waals surface area (Å²) in [4.78, 5) is 11.8. The van der Waals surface area contributed by atoms with Gasteiger partial charge in [0, 0.05) is 65.4 Å². The van der Waals surface area contributed by atoms with E-state index in [1.807, 2.05) is 6.92 Å². The number of likely N-dealkylation sites (N-methyl/N-ethyl adjacent to an activating group) is 1. The average molecular weight is 527 g/mol. The molecule has 0 radical (unpaired) electrons. The molecule has 0 spiro atoms. The summed E-state index contributed by atoms with van der Waals surface area (Å²) in [6.45, 7) is 17.9. The third-order valence-electron chi connectivity index (χ3n) is 5.37. The molecule has 2 saturated heterocycles. The van der Waals surface area contributed by atoms with E-state index in [1.165, 1.54) is 0 Å². The molecular formula is C20H43IN6O2. The number of piperazine rings is 1. The summed E-state index contributed by atoms with van der Waals surface area (Å²) in [5, 5.41) is 17.5. The molecule has 0 bridgehead atoms. The van der Waals surface area contributed by atoms with E-state index >= 15 is 0 Å². The zero-order valence-corrected chi connectivity index (χ0v) is 21.2. The molecule has 0 amide bonds. The van der Waals surface area contributed by atoms with Crippen LogP contribution in [0.5, 0.6) is 0 Å². The van der Waals surface area contributed by atoms with Crippen molar-refractivity contribution in [3.63, 3.8) is 0 Å². The number of guanidine groups is 1. The van der Waals surface area contributed by atoms with Gasteiger partial charge in [-0.2, -0.15) is 0 Å². The van der Waals surface area contributed by atoms with Crippen molar-refractivity contribution in [2.24, 2.45) is 10.9 Å². The van der Waals surface area contributed by atoms with Crippen LogP contribution < -0.4 is 10.6 Å². The molecule has 0 aliphatic carbocycles. The zero-order valence-electron chi connectivity index (χ0n) is 18.8. The van der Waals surface area contributed by atoms with Gasteiger partial charge in [0.2, 0.25) is 0 Å². The number of rotatable bonds is 9. The van der Waals surface area contributed by atoms with Crippen LogP contribution >= 0.6 is 24.0 Å². The molecule has 0 aromatic heterocycles. The summed E-state index contributed by atoms with van der Waals surface area (Å²) in [5.41, 5.74) is -0.842. The molecule has 2 fully saturated rings. The van der Waals surface area contributed by atoms with Gasteiger partial charge in [0.05, 0.1) is 25.4 Å². The lowest BCUT2D eigenvalue weighted by Gasteiger charge is -2.34. The Labute approximate surface area is 194 Å². The summed E-state index contributed by atoms with van der Waals surface area (Å²) in [7, 11) is 2.19. The number of aliphatic hydroxyl groups is 1. The number of nitrogens with one attached hydrogen (secondary N) is 2. The van der Waals surface area contributed by atoms with Gasteiger partial charge in [0.15, 0.2) is 5.96 Å². The van der Waals surface area contributed by atoms with Crippen molar-refractivity contribution in [1.82, 2.24) is 25.3 Å². The Morgan fingerprint density at radius 3 is 2.38 bits per heavy atom. The number of nitrogens with zero attached hydrogens (tertiary/aromatic N) is 4. The van der Waals surface area contributed by atoms with E-state index in [4.69, 9.17) is 4.74 Å². The van der Waals surface area contributed by atoms with Crippen molar-refractivity contribution in [2.45, 2.75) is 26.4 Å². The van der Waals surface area contributed by atoms with Crippen LogP contribution in [0.3, 0.4) is 0 Å². The minimum absolute atomic E-state index is 0. The number of halogens is 1. The van der Waals surface area contributed by atoms with Gasteiger partial charge in [-0.05, 0) is 26.8 Å². The van der Waals surface area contributed by atoms with Gasteiger partial charge in [-0.15, -0.1) is 24.0 Å². The summed E-state index contributed by atoms with van der Waals surface area (Å²) in [6, 6.07) is 0. The molecule has 9 heteroatoms. The second-order valence-corrected chi connectivity index (χ2v) is 8.67. The molecule has 2 atom stereocenters. The van der Waals surface area contributed by atoms with Crippen molar-refractivity contribution in [1.29, 1.82) is 0 Å². The van der Waals surface area contributed by atoms with Crippen LogP contribution in [0, 0.1) is 5.92 Å². The molecule has 172 valence electrons. The summed E-state index contributed by atoms with van der Waals surface area (Å²) >= 11 is 0. The fraction of sp³-hybridized carbons (Fsp3) is 0.950. The Kier molecular flexibility index (Phi) is 12.9. The maximum absolute atomic E-state index is 10.7. The summed E-state index contributed by atoms with van der Waals surface area (Å²) in [6.07, 6.45) is 0. The molecule has 2 heterocycles. The topological polar surface area (TPSA) is 75.6 Å². The second-order valence-electron chi connectivity index (χ2n) is 8.67. The molecule has 0 aromatic rings. The lowest BCUT2D eigenvalue weighted by molar-refractivity contribution is -0.0180. The maximum atomic E-state index is 10.7. The van der Waals surface area contributed by atoms with Gasteiger partial charge in [0.1, 0.15) is 0 Å². The van der Waals surface area contributed by atoms with Gasteiger partial charge >= 0.3 is 0 Å². The van der Waals surface area contributed by atoms with Crippen molar-refractivity contribution in [3.8, 4) is 0 Å². The van der Waals surface area contributed by atoms with Crippen LogP contribution in [0.1, 0.15) is 20.8 Å². The second kappa shape index (κ2) is 14.0. The van der Waals surface area contributed by atoms with Crippen LogP contribution in [0.15, 0.2) is 4.99 Å². The highest BCUT2D eigenvalue weighted by atomic mass is 127. The highest BCUT2D eigenvalue weighted by Gasteiger charge is 2.25. The van der Waals surface area contributed by atoms with Crippen LogP contribution in [0.2, 0.25) is 0 Å². The molecule has 2 rings (SSSR count). The molecular weight excluding hydrogens is 483 g/mol. The highest BCUT2D eigenvalue weighted by Crippen LogP contribution is 2.09. The Hall–Kier alpha value is -0.200. The van der Waals surface area contributed by atoms with Gasteiger partial charge in [-0.1, -0.05) is 6.92 Å². The lowest BCUT2D eigenvalue weighted by Crippen LogP contribution is -2.49. The van der Waals surface area contributed by atoms with Gasteiger partial charge < -0.3 is 30.3 Å². The number of hydrogen-bond donors (Lipinski definition) is 3. The summed E-state index contributed by atoms with van der Waals surface area (Å²) in [5.74, 6) is 1.33. The summed E-state index contributed by atoms with van der Waals surface area (Å²) < 4.78 is 5.38. The normalized spacial score (nSPS) is 23.1. The van der Waals surface area contributed by atoms with Crippen molar-refractivity contribution < 1.29 is 9.84 Å². The molecule has 3 N–H and O–H groups in total. The molecule has 0 aromatic carbocycles. The highest BCUT2D eigenvalue weighted by molar-refractivity contribution is 14.0. The SMILES string of the molecule is CCNC(=NCC(C)(O)CN1CCOCC1)NCC(C)CN1CCN(C)CC1.I. The van der Waals surface area contributed by atoms with Crippen LogP contribution in [-0.4, -0.2) is 124 Å². The first kappa shape index (κ1) is 26.8. The molecule has 2 unspecified atom stereocenters. The van der Waals surface area contributed by atoms with E-state index in [0.29, 0.717) is 19.0 Å². The predicted molar refractivity (Wildman–Crippen MR) is 130 cm³/mol. The number of hydrogen-bond acceptors (Lipinski definition) is 6. The third kappa shape index (κ3) is 11.1. The maximum Gasteiger partial charge on any atom is 0.191 e. The first-order chi connectivity index (χ1) is 13.4. The van der Waals surface area contributed by atoms with Crippen molar-refractivity contribution in [3.05, 3.63) is 0 Å². The predicted octanol–water partition coefficient (Wildman–Crippen LogP) is 0.126. The van der Waals surface area contributed by atoms with Gasteiger partial charge in [-0.25, -0.2) is 0 Å². The van der Waals surface area contributed by atoms with Crippen molar-refractivity contribution in [2.75, 3.05) is 92.3 Å². The fourth-order valence-electron chi connectivity index (χ4n) is 3.69. The van der Waals surface area contributed by atoms with Crippen LogP contribution in [0.4, 0.5) is 0 Å². The standard InChI is InChI=1S/C20H42N6O2.HI/c1-5-21-19(22-14-18(2)15-25-8-6-24(4)7-9-25)23-16-20(3,27)17-26-10-12-28-13-11-26;/h18,27H,5-17H2,1-4H3,(H2,21,22,23);1H. The van der Waals surface area contributed by atoms with Crippen LogP contribution in [-0.2, 0) is 4.74 Å². The molecule has 2 aliphatic rings. The zero-order chi connectivity index (χ0) is 20.4. The number of aliphatic imine (C=N–C) groups is 1.